The summed E-state index contributed by atoms with van der Waals surface area (Å²) in [7, 11) is 0. The summed E-state index contributed by atoms with van der Waals surface area (Å²) in [5.74, 6) is -0.868. The van der Waals surface area contributed by atoms with Crippen LogP contribution in [0.15, 0.2) is 12.2 Å². The van der Waals surface area contributed by atoms with E-state index >= 15 is 0 Å². The van der Waals surface area contributed by atoms with Crippen LogP contribution in [0.2, 0.25) is 0 Å². The van der Waals surface area contributed by atoms with Gasteiger partial charge in [-0.05, 0) is 44.9 Å². The zero-order valence-corrected chi connectivity index (χ0v) is 39.8. The molecule has 1 unspecified atom stereocenters. The minimum atomic E-state index is -0.759. The van der Waals surface area contributed by atoms with Gasteiger partial charge in [-0.1, -0.05) is 238 Å². The van der Waals surface area contributed by atoms with Crippen molar-refractivity contribution < 1.29 is 28.6 Å². The topological polar surface area (TPSA) is 78.9 Å². The van der Waals surface area contributed by atoms with E-state index in [0.29, 0.717) is 19.3 Å². The Labute approximate surface area is 367 Å². The highest BCUT2D eigenvalue weighted by Crippen LogP contribution is 2.16. The van der Waals surface area contributed by atoms with Crippen LogP contribution in [0.4, 0.5) is 0 Å². The second-order valence-electron chi connectivity index (χ2n) is 17.8. The Morgan fingerprint density at radius 3 is 0.847 bits per heavy atom. The monoisotopic (exact) mass is 833 g/mol. The molecule has 0 saturated heterocycles. The highest BCUT2D eigenvalue weighted by molar-refractivity contribution is 5.71. The molecule has 0 spiro atoms. The van der Waals surface area contributed by atoms with Crippen molar-refractivity contribution in [3.8, 4) is 0 Å². The Balaban J connectivity index is 3.91. The van der Waals surface area contributed by atoms with E-state index in [0.717, 1.165) is 57.8 Å². The smallest absolute Gasteiger partial charge is 0.306 e. The molecule has 0 radical (unpaired) electrons. The van der Waals surface area contributed by atoms with Gasteiger partial charge in [0.2, 0.25) is 0 Å². The number of rotatable bonds is 48. The van der Waals surface area contributed by atoms with E-state index in [2.05, 4.69) is 32.9 Å². The third-order valence-corrected chi connectivity index (χ3v) is 11.8. The zero-order valence-electron chi connectivity index (χ0n) is 39.8. The summed E-state index contributed by atoms with van der Waals surface area (Å²) in [4.78, 5) is 37.5. The van der Waals surface area contributed by atoms with Gasteiger partial charge < -0.3 is 14.2 Å². The molecule has 0 saturated carbocycles. The Kier molecular flexibility index (Phi) is 47.3. The molecule has 0 heterocycles. The number of esters is 3. The molecule has 0 aromatic carbocycles. The Bertz CT molecular complexity index is 916. The Morgan fingerprint density at radius 2 is 0.559 bits per heavy atom. The fourth-order valence-electron chi connectivity index (χ4n) is 7.79. The third kappa shape index (κ3) is 47.1. The molecule has 6 nitrogen and oxygen atoms in total. The number of unbranched alkanes of at least 4 members (excludes halogenated alkanes) is 35. The van der Waals surface area contributed by atoms with Gasteiger partial charge in [0.1, 0.15) is 13.2 Å². The third-order valence-electron chi connectivity index (χ3n) is 11.8. The SMILES string of the molecule is CCCCCCCCCC/C=C\CCCCCCCCCCCCCCCCCC(=O)OCC(COC(=O)CCCCCCCC)OC(=O)CCCCCCCCCC. The van der Waals surface area contributed by atoms with Crippen LogP contribution in [0, 0.1) is 0 Å². The van der Waals surface area contributed by atoms with E-state index in [-0.39, 0.29) is 31.1 Å². The maximum absolute atomic E-state index is 12.6. The van der Waals surface area contributed by atoms with E-state index in [1.54, 1.807) is 0 Å². The highest BCUT2D eigenvalue weighted by atomic mass is 16.6. The van der Waals surface area contributed by atoms with Crippen molar-refractivity contribution >= 4 is 17.9 Å². The summed E-state index contributed by atoms with van der Waals surface area (Å²) in [6, 6.07) is 0. The first-order valence-electron chi connectivity index (χ1n) is 26.2. The number of carbonyl (C=O) groups is 3. The lowest BCUT2D eigenvalue weighted by molar-refractivity contribution is -0.167. The van der Waals surface area contributed by atoms with Crippen LogP contribution in [-0.4, -0.2) is 37.2 Å². The van der Waals surface area contributed by atoms with Crippen molar-refractivity contribution in [1.29, 1.82) is 0 Å². The minimum absolute atomic E-state index is 0.0658. The summed E-state index contributed by atoms with van der Waals surface area (Å²) >= 11 is 0. The van der Waals surface area contributed by atoms with Gasteiger partial charge in [-0.2, -0.15) is 0 Å². The van der Waals surface area contributed by atoms with Crippen LogP contribution >= 0.6 is 0 Å². The molecule has 0 aliphatic carbocycles. The zero-order chi connectivity index (χ0) is 43.0. The molecule has 0 aromatic rings. The normalized spacial score (nSPS) is 12.0. The van der Waals surface area contributed by atoms with E-state index in [1.165, 1.54) is 193 Å². The van der Waals surface area contributed by atoms with Crippen molar-refractivity contribution in [1.82, 2.24) is 0 Å². The molecule has 0 bridgehead atoms. The molecular weight excluding hydrogens is 733 g/mol. The second-order valence-corrected chi connectivity index (χ2v) is 17.8. The number of hydrogen-bond donors (Lipinski definition) is 0. The van der Waals surface area contributed by atoms with Gasteiger partial charge in [-0.3, -0.25) is 14.4 Å². The van der Waals surface area contributed by atoms with Crippen molar-refractivity contribution in [2.75, 3.05) is 13.2 Å². The lowest BCUT2D eigenvalue weighted by Crippen LogP contribution is -2.30. The van der Waals surface area contributed by atoms with Gasteiger partial charge in [-0.25, -0.2) is 0 Å². The van der Waals surface area contributed by atoms with Gasteiger partial charge >= 0.3 is 17.9 Å². The first kappa shape index (κ1) is 57.1. The van der Waals surface area contributed by atoms with Crippen LogP contribution in [0.1, 0.15) is 290 Å². The van der Waals surface area contributed by atoms with Gasteiger partial charge in [0.15, 0.2) is 6.10 Å². The van der Waals surface area contributed by atoms with Crippen molar-refractivity contribution in [3.63, 3.8) is 0 Å². The lowest BCUT2D eigenvalue weighted by atomic mass is 10.0. The van der Waals surface area contributed by atoms with E-state index in [1.807, 2.05) is 0 Å². The first-order valence-corrected chi connectivity index (χ1v) is 26.2. The van der Waals surface area contributed by atoms with Crippen LogP contribution < -0.4 is 0 Å². The summed E-state index contributed by atoms with van der Waals surface area (Å²) < 4.78 is 16.6. The molecule has 1 atom stereocenters. The average molecular weight is 833 g/mol. The molecule has 59 heavy (non-hydrogen) atoms. The highest BCUT2D eigenvalue weighted by Gasteiger charge is 2.19. The molecular formula is C53H100O6. The molecule has 0 aliphatic heterocycles. The lowest BCUT2D eigenvalue weighted by Gasteiger charge is -2.18. The summed E-state index contributed by atoms with van der Waals surface area (Å²) in [6.45, 7) is 6.57. The predicted molar refractivity (Wildman–Crippen MR) is 252 cm³/mol. The molecule has 0 aliphatic rings. The number of hydrogen-bond acceptors (Lipinski definition) is 6. The molecule has 0 amide bonds. The molecule has 0 aromatic heterocycles. The number of carbonyl (C=O) groups excluding carboxylic acids is 3. The quantitative estimate of drug-likeness (QED) is 0.0263. The number of allylic oxidation sites excluding steroid dienone is 2. The van der Waals surface area contributed by atoms with Crippen LogP contribution in [-0.2, 0) is 28.6 Å². The maximum Gasteiger partial charge on any atom is 0.306 e. The standard InChI is InChI=1S/C53H100O6/c1-4-7-10-13-16-18-19-20-21-22-23-24-25-26-27-28-29-30-31-32-33-34-35-36-38-40-43-46-52(55)58-49-50(48-57-51(54)45-42-39-15-12-9-6-3)59-53(56)47-44-41-37-17-14-11-8-5-2/h22-23,50H,4-21,24-49H2,1-3H3/b23-22-. The molecule has 0 fully saturated rings. The van der Waals surface area contributed by atoms with Crippen LogP contribution in [0.5, 0.6) is 0 Å². The Hall–Kier alpha value is -1.85. The fourth-order valence-corrected chi connectivity index (χ4v) is 7.79. The molecule has 0 rings (SSSR count). The Morgan fingerprint density at radius 1 is 0.322 bits per heavy atom. The number of ether oxygens (including phenoxy) is 3. The van der Waals surface area contributed by atoms with Gasteiger partial charge in [-0.15, -0.1) is 0 Å². The van der Waals surface area contributed by atoms with Crippen LogP contribution in [0.3, 0.4) is 0 Å². The molecule has 348 valence electrons. The molecule has 6 heteroatoms. The first-order chi connectivity index (χ1) is 29.0. The largest absolute Gasteiger partial charge is 0.462 e. The second kappa shape index (κ2) is 48.8. The maximum atomic E-state index is 12.6. The van der Waals surface area contributed by atoms with Gasteiger partial charge in [0.05, 0.1) is 0 Å². The summed E-state index contributed by atoms with van der Waals surface area (Å²) in [5.41, 5.74) is 0. The van der Waals surface area contributed by atoms with Crippen molar-refractivity contribution in [2.24, 2.45) is 0 Å². The van der Waals surface area contributed by atoms with Crippen LogP contribution in [0.25, 0.3) is 0 Å². The predicted octanol–water partition coefficient (Wildman–Crippen LogP) is 17.0. The summed E-state index contributed by atoms with van der Waals surface area (Å²) in [5, 5.41) is 0. The van der Waals surface area contributed by atoms with Gasteiger partial charge in [0, 0.05) is 19.3 Å². The van der Waals surface area contributed by atoms with Gasteiger partial charge in [0.25, 0.3) is 0 Å². The average Bonchev–Trinajstić information content (AvgIpc) is 3.23. The van der Waals surface area contributed by atoms with E-state index in [9.17, 15) is 14.4 Å². The summed E-state index contributed by atoms with van der Waals surface area (Å²) in [6.07, 6.45) is 54.0. The molecule has 0 N–H and O–H groups in total. The fraction of sp³-hybridized carbons (Fsp3) is 0.906. The van der Waals surface area contributed by atoms with Crippen molar-refractivity contribution in [3.05, 3.63) is 12.2 Å². The minimum Gasteiger partial charge on any atom is -0.462 e. The van der Waals surface area contributed by atoms with E-state index in [4.69, 9.17) is 14.2 Å². The van der Waals surface area contributed by atoms with Crippen molar-refractivity contribution in [2.45, 2.75) is 297 Å². The van der Waals surface area contributed by atoms with E-state index < -0.39 is 6.10 Å².